The molecule has 0 aliphatic rings. The summed E-state index contributed by atoms with van der Waals surface area (Å²) in [7, 11) is 0. The molecule has 2 heteroatoms. The summed E-state index contributed by atoms with van der Waals surface area (Å²) in [6.07, 6.45) is 24.0. The van der Waals surface area contributed by atoms with Crippen LogP contribution in [0.4, 0.5) is 0 Å². The molecule has 8 rings (SSSR count). The second-order valence-corrected chi connectivity index (χ2v) is 15.7. The number of fused-ring (bicyclic) bond motifs is 10. The van der Waals surface area contributed by atoms with Crippen molar-refractivity contribution in [1.82, 2.24) is 0 Å². The highest BCUT2D eigenvalue weighted by atomic mass is 16.3. The fourth-order valence-corrected chi connectivity index (χ4v) is 8.65. The zero-order chi connectivity index (χ0) is 35.3. The van der Waals surface area contributed by atoms with Gasteiger partial charge in [0.15, 0.2) is 0 Å². The molecule has 2 heterocycles. The standard InChI is InChI=1S/C50H56O2/c1-3-5-7-9-11-13-15-17-19-35-22-24-38-31-49-44(30-40(38)27-35)42-26-25-39-32-47-46(34-43(39)50(42)52-49)45-29-37-23-21-36(28-41(37)33-48(45)51-47)20-18-16-14-12-10-8-6-4-2/h21-34H,3-20H2,1-2H3. The van der Waals surface area contributed by atoms with Gasteiger partial charge in [0, 0.05) is 26.9 Å². The second kappa shape index (κ2) is 16.2. The summed E-state index contributed by atoms with van der Waals surface area (Å²) < 4.78 is 13.2. The van der Waals surface area contributed by atoms with Crippen molar-refractivity contribution < 1.29 is 8.83 Å². The van der Waals surface area contributed by atoms with Crippen molar-refractivity contribution in [3.8, 4) is 0 Å². The van der Waals surface area contributed by atoms with Crippen LogP contribution >= 0.6 is 0 Å². The second-order valence-electron chi connectivity index (χ2n) is 15.7. The minimum atomic E-state index is 0.933. The Morgan fingerprint density at radius 1 is 0.327 bits per heavy atom. The van der Waals surface area contributed by atoms with Crippen LogP contribution in [-0.2, 0) is 12.8 Å². The highest BCUT2D eigenvalue weighted by molar-refractivity contribution is 6.21. The Bertz CT molecular complexity index is 2450. The fourth-order valence-electron chi connectivity index (χ4n) is 8.65. The van der Waals surface area contributed by atoms with Crippen molar-refractivity contribution >= 4 is 76.2 Å². The van der Waals surface area contributed by atoms with E-state index < -0.39 is 0 Å². The van der Waals surface area contributed by atoms with Crippen LogP contribution in [0, 0.1) is 0 Å². The lowest BCUT2D eigenvalue weighted by molar-refractivity contribution is 0.575. The van der Waals surface area contributed by atoms with Gasteiger partial charge in [0.2, 0.25) is 0 Å². The Kier molecular flexibility index (Phi) is 10.8. The van der Waals surface area contributed by atoms with Gasteiger partial charge in [0.05, 0.1) is 0 Å². The summed E-state index contributed by atoms with van der Waals surface area (Å²) in [5.74, 6) is 0. The van der Waals surface area contributed by atoms with Crippen LogP contribution < -0.4 is 0 Å². The van der Waals surface area contributed by atoms with E-state index in [1.54, 1.807) is 0 Å². The Hall–Kier alpha value is -4.30. The van der Waals surface area contributed by atoms with E-state index in [-0.39, 0.29) is 0 Å². The molecule has 6 aromatic carbocycles. The monoisotopic (exact) mass is 688 g/mol. The predicted molar refractivity (Wildman–Crippen MR) is 226 cm³/mol. The minimum absolute atomic E-state index is 0.933. The molecule has 52 heavy (non-hydrogen) atoms. The molecule has 0 atom stereocenters. The highest BCUT2D eigenvalue weighted by Gasteiger charge is 2.16. The molecule has 0 saturated carbocycles. The molecule has 8 aromatic rings. The first-order chi connectivity index (χ1) is 25.7. The topological polar surface area (TPSA) is 26.3 Å². The molecule has 0 aliphatic carbocycles. The molecule has 0 fully saturated rings. The van der Waals surface area contributed by atoms with Gasteiger partial charge in [-0.1, -0.05) is 146 Å². The van der Waals surface area contributed by atoms with Gasteiger partial charge in [-0.2, -0.15) is 0 Å². The third kappa shape index (κ3) is 7.45. The molecule has 0 radical (unpaired) electrons. The van der Waals surface area contributed by atoms with Crippen LogP contribution in [-0.4, -0.2) is 0 Å². The van der Waals surface area contributed by atoms with E-state index in [1.165, 1.54) is 152 Å². The molecular weight excluding hydrogens is 633 g/mol. The molecule has 0 aliphatic heterocycles. The average molecular weight is 689 g/mol. The summed E-state index contributed by atoms with van der Waals surface area (Å²) in [5.41, 5.74) is 6.68. The summed E-state index contributed by atoms with van der Waals surface area (Å²) in [4.78, 5) is 0. The Morgan fingerprint density at radius 3 is 1.40 bits per heavy atom. The third-order valence-electron chi connectivity index (χ3n) is 11.7. The minimum Gasteiger partial charge on any atom is -0.456 e. The van der Waals surface area contributed by atoms with Gasteiger partial charge in [-0.15, -0.1) is 0 Å². The lowest BCUT2D eigenvalue weighted by atomic mass is 9.98. The van der Waals surface area contributed by atoms with Gasteiger partial charge >= 0.3 is 0 Å². The molecule has 0 spiro atoms. The molecule has 0 bridgehead atoms. The summed E-state index contributed by atoms with van der Waals surface area (Å²) >= 11 is 0. The van der Waals surface area contributed by atoms with E-state index >= 15 is 0 Å². The van der Waals surface area contributed by atoms with Crippen molar-refractivity contribution in [1.29, 1.82) is 0 Å². The summed E-state index contributed by atoms with van der Waals surface area (Å²) in [6.45, 7) is 4.58. The zero-order valence-corrected chi connectivity index (χ0v) is 31.6. The Morgan fingerprint density at radius 2 is 0.769 bits per heavy atom. The largest absolute Gasteiger partial charge is 0.456 e. The fraction of sp³-hybridized carbons (Fsp3) is 0.400. The quantitative estimate of drug-likeness (QED) is 0.0839. The first kappa shape index (κ1) is 34.8. The maximum Gasteiger partial charge on any atom is 0.143 e. The van der Waals surface area contributed by atoms with E-state index in [0.29, 0.717) is 0 Å². The van der Waals surface area contributed by atoms with E-state index in [2.05, 4.69) is 98.8 Å². The average Bonchev–Trinajstić information content (AvgIpc) is 3.70. The molecule has 2 nitrogen and oxygen atoms in total. The van der Waals surface area contributed by atoms with Gasteiger partial charge in [0.1, 0.15) is 22.3 Å². The van der Waals surface area contributed by atoms with Crippen LogP contribution in [0.1, 0.15) is 128 Å². The first-order valence-electron chi connectivity index (χ1n) is 20.8. The molecule has 0 unspecified atom stereocenters. The molecule has 0 saturated heterocycles. The maximum absolute atomic E-state index is 6.69. The molecule has 2 aromatic heterocycles. The predicted octanol–water partition coefficient (Wildman–Crippen LogP) is 16.3. The van der Waals surface area contributed by atoms with Gasteiger partial charge in [-0.3, -0.25) is 0 Å². The number of benzene rings is 6. The van der Waals surface area contributed by atoms with Crippen molar-refractivity contribution in [3.63, 3.8) is 0 Å². The number of unbranched alkanes of at least 4 members (excludes halogenated alkanes) is 14. The van der Waals surface area contributed by atoms with Crippen molar-refractivity contribution in [2.24, 2.45) is 0 Å². The third-order valence-corrected chi connectivity index (χ3v) is 11.7. The van der Waals surface area contributed by atoms with Crippen molar-refractivity contribution in [2.45, 2.75) is 129 Å². The van der Waals surface area contributed by atoms with Crippen LogP contribution in [0.3, 0.4) is 0 Å². The number of hydrogen-bond donors (Lipinski definition) is 0. The van der Waals surface area contributed by atoms with Gasteiger partial charge < -0.3 is 8.83 Å². The van der Waals surface area contributed by atoms with E-state index in [4.69, 9.17) is 8.83 Å². The van der Waals surface area contributed by atoms with E-state index in [9.17, 15) is 0 Å². The molecule has 0 N–H and O–H groups in total. The van der Waals surface area contributed by atoms with E-state index in [1.807, 2.05) is 0 Å². The lowest BCUT2D eigenvalue weighted by Gasteiger charge is -2.05. The number of furan rings is 2. The van der Waals surface area contributed by atoms with Crippen molar-refractivity contribution in [3.05, 3.63) is 96.1 Å². The van der Waals surface area contributed by atoms with Crippen LogP contribution in [0.5, 0.6) is 0 Å². The molecular formula is C50H56O2. The highest BCUT2D eigenvalue weighted by Crippen LogP contribution is 2.40. The maximum atomic E-state index is 6.69. The Labute approximate surface area is 309 Å². The molecule has 268 valence electrons. The Balaban J connectivity index is 1.03. The molecule has 0 amide bonds. The number of aryl methyl sites for hydroxylation is 2. The SMILES string of the molecule is CCCCCCCCCCc1ccc2cc3c(cc2c1)oc1cc2ccc4c5cc6cc(CCCCCCCCCC)ccc6cc5oc4c2cc13. The van der Waals surface area contributed by atoms with Crippen LogP contribution in [0.25, 0.3) is 76.2 Å². The summed E-state index contributed by atoms with van der Waals surface area (Å²) in [5, 5.41) is 12.1. The van der Waals surface area contributed by atoms with Crippen LogP contribution in [0.15, 0.2) is 93.8 Å². The number of rotatable bonds is 18. The number of hydrogen-bond acceptors (Lipinski definition) is 2. The van der Waals surface area contributed by atoms with Gasteiger partial charge in [-0.05, 0) is 106 Å². The summed E-state index contributed by atoms with van der Waals surface area (Å²) in [6, 6.07) is 32.1. The smallest absolute Gasteiger partial charge is 0.143 e. The first-order valence-corrected chi connectivity index (χ1v) is 20.8. The van der Waals surface area contributed by atoms with Gasteiger partial charge in [0.25, 0.3) is 0 Å². The normalized spacial score (nSPS) is 12.3. The van der Waals surface area contributed by atoms with Gasteiger partial charge in [-0.25, -0.2) is 0 Å². The lowest BCUT2D eigenvalue weighted by Crippen LogP contribution is -1.87. The van der Waals surface area contributed by atoms with Crippen LogP contribution in [0.2, 0.25) is 0 Å². The zero-order valence-electron chi connectivity index (χ0n) is 31.6. The van der Waals surface area contributed by atoms with E-state index in [0.717, 1.165) is 51.3 Å². The van der Waals surface area contributed by atoms with Crippen molar-refractivity contribution in [2.75, 3.05) is 0 Å².